The molecule has 0 saturated heterocycles. The van der Waals surface area contributed by atoms with Gasteiger partial charge < -0.3 is 10.4 Å². The van der Waals surface area contributed by atoms with Crippen LogP contribution in [0.3, 0.4) is 0 Å². The Bertz CT molecular complexity index is 574. The van der Waals surface area contributed by atoms with Gasteiger partial charge in [0.1, 0.15) is 0 Å². The number of halogens is 3. The molecule has 0 fully saturated rings. The second kappa shape index (κ2) is 6.88. The van der Waals surface area contributed by atoms with Crippen molar-refractivity contribution in [2.24, 2.45) is 0 Å². The topological polar surface area (TPSA) is 32.3 Å². The zero-order valence-electron chi connectivity index (χ0n) is 9.91. The fourth-order valence-corrected chi connectivity index (χ4v) is 3.28. The molecule has 1 atom stereocenters. The number of nitrogens with one attached hydrogen (secondary N) is 1. The summed E-state index contributed by atoms with van der Waals surface area (Å²) in [6.45, 7) is 0.455. The van der Waals surface area contributed by atoms with Crippen LogP contribution in [0.1, 0.15) is 11.7 Å². The minimum absolute atomic E-state index is 0.455. The van der Waals surface area contributed by atoms with E-state index in [1.54, 1.807) is 0 Å². The molecule has 2 aromatic carbocycles. The monoisotopic (exact) mass is 447 g/mol. The summed E-state index contributed by atoms with van der Waals surface area (Å²) in [7, 11) is 0. The first-order valence-electron chi connectivity index (χ1n) is 5.69. The van der Waals surface area contributed by atoms with Gasteiger partial charge in [0.25, 0.3) is 0 Å². The van der Waals surface area contributed by atoms with Crippen LogP contribution in [0.2, 0.25) is 0 Å². The van der Waals surface area contributed by atoms with Gasteiger partial charge >= 0.3 is 0 Å². The van der Waals surface area contributed by atoms with Gasteiger partial charge in [-0.3, -0.25) is 0 Å². The molecule has 0 radical (unpaired) electrons. The smallest absolute Gasteiger partial charge is 0.0962 e. The Morgan fingerprint density at radius 2 is 1.74 bits per heavy atom. The minimum Gasteiger partial charge on any atom is -0.387 e. The van der Waals surface area contributed by atoms with Crippen LogP contribution in [-0.2, 0) is 0 Å². The summed E-state index contributed by atoms with van der Waals surface area (Å²) in [6.07, 6.45) is -0.548. The largest absolute Gasteiger partial charge is 0.387 e. The van der Waals surface area contributed by atoms with Crippen molar-refractivity contribution < 1.29 is 5.11 Å². The van der Waals surface area contributed by atoms with Crippen molar-refractivity contribution in [3.05, 3.63) is 61.4 Å². The van der Waals surface area contributed by atoms with Crippen molar-refractivity contribution >= 4 is 53.5 Å². The second-order valence-corrected chi connectivity index (χ2v) is 6.76. The van der Waals surface area contributed by atoms with Gasteiger partial charge in [-0.1, -0.05) is 44.0 Å². The van der Waals surface area contributed by atoms with Gasteiger partial charge in [0.15, 0.2) is 0 Å². The Hall–Kier alpha value is -0.360. The Kier molecular flexibility index (Phi) is 5.45. The van der Waals surface area contributed by atoms with Crippen LogP contribution in [0.15, 0.2) is 55.9 Å². The molecule has 0 aliphatic rings. The van der Waals surface area contributed by atoms with Crippen LogP contribution in [0, 0.1) is 0 Å². The molecule has 2 rings (SSSR count). The summed E-state index contributed by atoms with van der Waals surface area (Å²) in [4.78, 5) is 0. The SMILES string of the molecule is OC(CNc1ccc(Br)cc1Br)c1cccc(Br)c1. The maximum absolute atomic E-state index is 10.1. The maximum atomic E-state index is 10.1. The fraction of sp³-hybridized carbons (Fsp3) is 0.143. The average Bonchev–Trinajstić information content (AvgIpc) is 2.37. The van der Waals surface area contributed by atoms with Gasteiger partial charge in [0.2, 0.25) is 0 Å². The summed E-state index contributed by atoms with van der Waals surface area (Å²) in [6, 6.07) is 13.6. The highest BCUT2D eigenvalue weighted by atomic mass is 79.9. The Balaban J connectivity index is 2.02. The van der Waals surface area contributed by atoms with E-state index in [0.717, 1.165) is 24.7 Å². The van der Waals surface area contributed by atoms with Crippen molar-refractivity contribution in [2.45, 2.75) is 6.10 Å². The van der Waals surface area contributed by atoms with E-state index in [2.05, 4.69) is 53.1 Å². The van der Waals surface area contributed by atoms with E-state index in [9.17, 15) is 5.11 Å². The summed E-state index contributed by atoms with van der Waals surface area (Å²) in [5.41, 5.74) is 1.84. The second-order valence-electron chi connectivity index (χ2n) is 4.08. The van der Waals surface area contributed by atoms with Crippen molar-refractivity contribution in [2.75, 3.05) is 11.9 Å². The van der Waals surface area contributed by atoms with E-state index in [-0.39, 0.29) is 0 Å². The first-order chi connectivity index (χ1) is 9.06. The highest BCUT2D eigenvalue weighted by molar-refractivity contribution is 9.11. The van der Waals surface area contributed by atoms with Crippen molar-refractivity contribution in [3.8, 4) is 0 Å². The standard InChI is InChI=1S/C14H12Br3NO/c15-10-3-1-2-9(6-10)14(19)8-18-13-5-4-11(16)7-12(13)17/h1-7,14,18-19H,8H2. The van der Waals surface area contributed by atoms with Gasteiger partial charge in [-0.2, -0.15) is 0 Å². The number of hydrogen-bond donors (Lipinski definition) is 2. The molecule has 0 amide bonds. The molecule has 100 valence electrons. The van der Waals surface area contributed by atoms with E-state index in [0.29, 0.717) is 6.54 Å². The Labute approximate surface area is 137 Å². The van der Waals surface area contributed by atoms with E-state index >= 15 is 0 Å². The fourth-order valence-electron chi connectivity index (χ4n) is 1.67. The first-order valence-corrected chi connectivity index (χ1v) is 8.06. The van der Waals surface area contributed by atoms with Crippen molar-refractivity contribution in [3.63, 3.8) is 0 Å². The van der Waals surface area contributed by atoms with E-state index < -0.39 is 6.10 Å². The number of rotatable bonds is 4. The summed E-state index contributed by atoms with van der Waals surface area (Å²) >= 11 is 10.3. The lowest BCUT2D eigenvalue weighted by Crippen LogP contribution is -2.12. The number of aliphatic hydroxyl groups is 1. The molecule has 2 nitrogen and oxygen atoms in total. The minimum atomic E-state index is -0.548. The zero-order valence-corrected chi connectivity index (χ0v) is 14.7. The van der Waals surface area contributed by atoms with E-state index in [1.165, 1.54) is 0 Å². The lowest BCUT2D eigenvalue weighted by molar-refractivity contribution is 0.191. The molecule has 0 aromatic heterocycles. The number of hydrogen-bond acceptors (Lipinski definition) is 2. The molecule has 0 aliphatic carbocycles. The number of aliphatic hydroxyl groups excluding tert-OH is 1. The summed E-state index contributed by atoms with van der Waals surface area (Å²) < 4.78 is 2.94. The zero-order chi connectivity index (χ0) is 13.8. The lowest BCUT2D eigenvalue weighted by Gasteiger charge is -2.14. The molecule has 5 heteroatoms. The van der Waals surface area contributed by atoms with Crippen LogP contribution in [-0.4, -0.2) is 11.7 Å². The van der Waals surface area contributed by atoms with Crippen molar-refractivity contribution in [1.82, 2.24) is 0 Å². The third-order valence-electron chi connectivity index (χ3n) is 2.65. The Morgan fingerprint density at radius 1 is 1.00 bits per heavy atom. The normalized spacial score (nSPS) is 12.2. The summed E-state index contributed by atoms with van der Waals surface area (Å²) in [5, 5.41) is 13.4. The molecule has 0 aliphatic heterocycles. The first kappa shape index (κ1) is 15.0. The van der Waals surface area contributed by atoms with E-state index in [1.807, 2.05) is 42.5 Å². The third-order valence-corrected chi connectivity index (χ3v) is 4.29. The molecule has 2 N–H and O–H groups in total. The molecule has 0 heterocycles. The van der Waals surface area contributed by atoms with Gasteiger partial charge in [-0.15, -0.1) is 0 Å². The molecule has 0 spiro atoms. The van der Waals surface area contributed by atoms with Crippen LogP contribution >= 0.6 is 47.8 Å². The maximum Gasteiger partial charge on any atom is 0.0962 e. The van der Waals surface area contributed by atoms with Crippen LogP contribution in [0.4, 0.5) is 5.69 Å². The lowest BCUT2D eigenvalue weighted by atomic mass is 10.1. The molecular weight excluding hydrogens is 438 g/mol. The quantitative estimate of drug-likeness (QED) is 0.679. The molecule has 19 heavy (non-hydrogen) atoms. The van der Waals surface area contributed by atoms with Crippen molar-refractivity contribution in [1.29, 1.82) is 0 Å². The van der Waals surface area contributed by atoms with Crippen LogP contribution in [0.25, 0.3) is 0 Å². The van der Waals surface area contributed by atoms with Gasteiger partial charge in [0.05, 0.1) is 6.10 Å². The van der Waals surface area contributed by atoms with Gasteiger partial charge in [0, 0.05) is 25.7 Å². The average molecular weight is 450 g/mol. The van der Waals surface area contributed by atoms with Gasteiger partial charge in [-0.25, -0.2) is 0 Å². The van der Waals surface area contributed by atoms with Gasteiger partial charge in [-0.05, 0) is 51.8 Å². The van der Waals surface area contributed by atoms with Crippen LogP contribution < -0.4 is 5.32 Å². The molecule has 2 aromatic rings. The number of benzene rings is 2. The summed E-state index contributed by atoms with van der Waals surface area (Å²) in [5.74, 6) is 0. The third kappa shape index (κ3) is 4.31. The highest BCUT2D eigenvalue weighted by Gasteiger charge is 2.08. The molecule has 1 unspecified atom stereocenters. The predicted molar refractivity (Wildman–Crippen MR) is 89.4 cm³/mol. The molecule has 0 saturated carbocycles. The molecule has 0 bridgehead atoms. The highest BCUT2D eigenvalue weighted by Crippen LogP contribution is 2.27. The number of anilines is 1. The predicted octanol–water partition coefficient (Wildman–Crippen LogP) is 5.12. The van der Waals surface area contributed by atoms with E-state index in [4.69, 9.17) is 0 Å². The molecular formula is C14H12Br3NO. The van der Waals surface area contributed by atoms with Crippen LogP contribution in [0.5, 0.6) is 0 Å². The Morgan fingerprint density at radius 3 is 2.42 bits per heavy atom.